The van der Waals surface area contributed by atoms with Gasteiger partial charge in [0.2, 0.25) is 0 Å². The van der Waals surface area contributed by atoms with E-state index in [9.17, 15) is 14.0 Å². The number of halogens is 2. The Morgan fingerprint density at radius 1 is 1.25 bits per heavy atom. The third kappa shape index (κ3) is 3.50. The van der Waals surface area contributed by atoms with Crippen LogP contribution < -0.4 is 16.2 Å². The van der Waals surface area contributed by atoms with Crippen LogP contribution in [0.5, 0.6) is 0 Å². The SMILES string of the molecule is CNC(=O)NNC(=O)c1cc(F)cc(Br)c1. The maximum absolute atomic E-state index is 12.9. The van der Waals surface area contributed by atoms with Crippen LogP contribution in [0.15, 0.2) is 22.7 Å². The Morgan fingerprint density at radius 2 is 1.94 bits per heavy atom. The lowest BCUT2D eigenvalue weighted by atomic mass is 10.2. The van der Waals surface area contributed by atoms with Crippen molar-refractivity contribution in [1.29, 1.82) is 0 Å². The average Bonchev–Trinajstić information content (AvgIpc) is 2.23. The molecule has 0 unspecified atom stereocenters. The minimum Gasteiger partial charge on any atom is -0.340 e. The van der Waals surface area contributed by atoms with Gasteiger partial charge in [-0.25, -0.2) is 14.6 Å². The van der Waals surface area contributed by atoms with Crippen LogP contribution in [0.2, 0.25) is 0 Å². The number of nitrogens with one attached hydrogen (secondary N) is 3. The van der Waals surface area contributed by atoms with Gasteiger partial charge in [0, 0.05) is 17.1 Å². The molecule has 0 atom stereocenters. The summed E-state index contributed by atoms with van der Waals surface area (Å²) in [5.41, 5.74) is 4.30. The predicted molar refractivity (Wildman–Crippen MR) is 59.2 cm³/mol. The largest absolute Gasteiger partial charge is 0.340 e. The molecule has 7 heteroatoms. The summed E-state index contributed by atoms with van der Waals surface area (Å²) in [5, 5.41) is 2.25. The number of amides is 3. The van der Waals surface area contributed by atoms with Crippen LogP contribution in [0.3, 0.4) is 0 Å². The smallest absolute Gasteiger partial charge is 0.333 e. The Labute approximate surface area is 99.5 Å². The number of carbonyl (C=O) groups is 2. The van der Waals surface area contributed by atoms with Gasteiger partial charge in [-0.3, -0.25) is 10.2 Å². The highest BCUT2D eigenvalue weighted by Crippen LogP contribution is 2.14. The van der Waals surface area contributed by atoms with E-state index in [-0.39, 0.29) is 5.56 Å². The van der Waals surface area contributed by atoms with Gasteiger partial charge in [0.15, 0.2) is 0 Å². The minimum absolute atomic E-state index is 0.100. The summed E-state index contributed by atoms with van der Waals surface area (Å²) in [7, 11) is 1.40. The van der Waals surface area contributed by atoms with Crippen molar-refractivity contribution < 1.29 is 14.0 Å². The van der Waals surface area contributed by atoms with Gasteiger partial charge in [-0.1, -0.05) is 15.9 Å². The van der Waals surface area contributed by atoms with Gasteiger partial charge in [-0.2, -0.15) is 0 Å². The molecule has 5 nitrogen and oxygen atoms in total. The summed E-state index contributed by atoms with van der Waals surface area (Å²) >= 11 is 3.06. The molecule has 1 aromatic carbocycles. The second kappa shape index (κ2) is 5.45. The first-order valence-corrected chi connectivity index (χ1v) is 5.06. The molecular formula is C9H9BrFN3O2. The second-order valence-electron chi connectivity index (χ2n) is 2.82. The van der Waals surface area contributed by atoms with Gasteiger partial charge >= 0.3 is 6.03 Å². The summed E-state index contributed by atoms with van der Waals surface area (Å²) in [6.45, 7) is 0. The predicted octanol–water partition coefficient (Wildman–Crippen LogP) is 1.16. The fourth-order valence-corrected chi connectivity index (χ4v) is 1.40. The second-order valence-corrected chi connectivity index (χ2v) is 3.73. The summed E-state index contributed by atoms with van der Waals surface area (Å²) in [6, 6.07) is 3.15. The highest BCUT2D eigenvalue weighted by Gasteiger charge is 2.08. The van der Waals surface area contributed by atoms with Crippen molar-refractivity contribution in [3.05, 3.63) is 34.1 Å². The summed E-state index contributed by atoms with van der Waals surface area (Å²) < 4.78 is 13.4. The molecule has 0 heterocycles. The van der Waals surface area contributed by atoms with Crippen LogP contribution >= 0.6 is 15.9 Å². The van der Waals surface area contributed by atoms with Crippen LogP contribution in [0.25, 0.3) is 0 Å². The van der Waals surface area contributed by atoms with Crippen molar-refractivity contribution in [3.8, 4) is 0 Å². The van der Waals surface area contributed by atoms with Crippen LogP contribution in [0, 0.1) is 5.82 Å². The van der Waals surface area contributed by atoms with Crippen molar-refractivity contribution >= 4 is 27.9 Å². The topological polar surface area (TPSA) is 70.2 Å². The van der Waals surface area contributed by atoms with Crippen molar-refractivity contribution in [2.24, 2.45) is 0 Å². The quantitative estimate of drug-likeness (QED) is 0.679. The molecule has 0 aliphatic rings. The molecule has 0 radical (unpaired) electrons. The van der Waals surface area contributed by atoms with Gasteiger partial charge in [-0.15, -0.1) is 0 Å². The van der Waals surface area contributed by atoms with Gasteiger partial charge in [0.05, 0.1) is 0 Å². The van der Waals surface area contributed by atoms with Crippen molar-refractivity contribution in [3.63, 3.8) is 0 Å². The number of hydrogen-bond donors (Lipinski definition) is 3. The zero-order valence-corrected chi connectivity index (χ0v) is 9.89. The summed E-state index contributed by atoms with van der Waals surface area (Å²) in [5.74, 6) is -1.15. The maximum Gasteiger partial charge on any atom is 0.333 e. The lowest BCUT2D eigenvalue weighted by molar-refractivity contribution is 0.0936. The molecule has 0 saturated carbocycles. The molecule has 16 heavy (non-hydrogen) atoms. The van der Waals surface area contributed by atoms with Gasteiger partial charge in [-0.05, 0) is 18.2 Å². The number of hydrazine groups is 1. The molecule has 0 saturated heterocycles. The van der Waals surface area contributed by atoms with Gasteiger partial charge in [0.1, 0.15) is 5.82 Å². The lowest BCUT2D eigenvalue weighted by Gasteiger charge is -2.06. The van der Waals surface area contributed by atoms with Gasteiger partial charge in [0.25, 0.3) is 5.91 Å². The first-order chi connectivity index (χ1) is 7.52. The van der Waals surface area contributed by atoms with Crippen LogP contribution in [-0.4, -0.2) is 19.0 Å². The molecule has 0 fully saturated rings. The molecule has 0 bridgehead atoms. The standard InChI is InChI=1S/C9H9BrFN3O2/c1-12-9(16)14-13-8(15)5-2-6(10)4-7(11)3-5/h2-4H,1H3,(H,13,15)(H2,12,14,16). The van der Waals surface area contributed by atoms with Crippen LogP contribution in [-0.2, 0) is 0 Å². The normalized spacial score (nSPS) is 9.44. The molecule has 1 rings (SSSR count). The Morgan fingerprint density at radius 3 is 2.50 bits per heavy atom. The van der Waals surface area contributed by atoms with E-state index in [2.05, 4.69) is 32.1 Å². The third-order valence-electron chi connectivity index (χ3n) is 1.64. The van der Waals surface area contributed by atoms with Crippen molar-refractivity contribution in [1.82, 2.24) is 16.2 Å². The molecule has 0 aliphatic carbocycles. The Kier molecular flexibility index (Phi) is 4.24. The van der Waals surface area contributed by atoms with Crippen LogP contribution in [0.4, 0.5) is 9.18 Å². The summed E-state index contributed by atoms with van der Waals surface area (Å²) in [4.78, 5) is 22.2. The fourth-order valence-electron chi connectivity index (χ4n) is 0.933. The number of rotatable bonds is 1. The van der Waals surface area contributed by atoms with Gasteiger partial charge < -0.3 is 5.32 Å². The number of hydrogen-bond acceptors (Lipinski definition) is 2. The highest BCUT2D eigenvalue weighted by atomic mass is 79.9. The van der Waals surface area contributed by atoms with E-state index in [4.69, 9.17) is 0 Å². The van der Waals surface area contributed by atoms with E-state index in [1.807, 2.05) is 0 Å². The van der Waals surface area contributed by atoms with E-state index in [0.717, 1.165) is 6.07 Å². The lowest BCUT2D eigenvalue weighted by Crippen LogP contribution is -2.45. The number of urea groups is 1. The monoisotopic (exact) mass is 289 g/mol. The molecule has 3 amide bonds. The molecule has 0 aromatic heterocycles. The Bertz CT molecular complexity index is 405. The molecule has 1 aromatic rings. The average molecular weight is 290 g/mol. The molecule has 3 N–H and O–H groups in total. The zero-order valence-electron chi connectivity index (χ0n) is 8.30. The Balaban J connectivity index is 2.69. The van der Waals surface area contributed by atoms with E-state index in [0.29, 0.717) is 4.47 Å². The van der Waals surface area contributed by atoms with Crippen LogP contribution in [0.1, 0.15) is 10.4 Å². The molecular weight excluding hydrogens is 281 g/mol. The maximum atomic E-state index is 12.9. The summed E-state index contributed by atoms with van der Waals surface area (Å²) in [6.07, 6.45) is 0. The van der Waals surface area contributed by atoms with E-state index in [1.165, 1.54) is 19.2 Å². The fraction of sp³-hybridized carbons (Fsp3) is 0.111. The first-order valence-electron chi connectivity index (χ1n) is 4.27. The number of carbonyl (C=O) groups excluding carboxylic acids is 2. The number of benzene rings is 1. The van der Waals surface area contributed by atoms with Crippen molar-refractivity contribution in [2.45, 2.75) is 0 Å². The highest BCUT2D eigenvalue weighted by molar-refractivity contribution is 9.10. The molecule has 0 spiro atoms. The minimum atomic E-state index is -0.608. The van der Waals surface area contributed by atoms with E-state index >= 15 is 0 Å². The Hall–Kier alpha value is -1.63. The van der Waals surface area contributed by atoms with Crippen molar-refractivity contribution in [2.75, 3.05) is 7.05 Å². The van der Waals surface area contributed by atoms with E-state index < -0.39 is 17.8 Å². The van der Waals surface area contributed by atoms with E-state index in [1.54, 1.807) is 0 Å². The molecule has 86 valence electrons. The third-order valence-corrected chi connectivity index (χ3v) is 2.10. The molecule has 0 aliphatic heterocycles. The zero-order chi connectivity index (χ0) is 12.1. The first kappa shape index (κ1) is 12.4.